The second-order valence-electron chi connectivity index (χ2n) is 7.08. The first-order valence-electron chi connectivity index (χ1n) is 9.81. The van der Waals surface area contributed by atoms with E-state index in [1.54, 1.807) is 18.2 Å². The molecule has 0 aliphatic heterocycles. The van der Waals surface area contributed by atoms with Crippen molar-refractivity contribution in [1.82, 2.24) is 0 Å². The number of azo groups is 1. The summed E-state index contributed by atoms with van der Waals surface area (Å²) in [5, 5.41) is 41.1. The van der Waals surface area contributed by atoms with Gasteiger partial charge in [-0.15, -0.1) is 5.11 Å². The third-order valence-corrected chi connectivity index (χ3v) is 5.13. The summed E-state index contributed by atoms with van der Waals surface area (Å²) in [6.07, 6.45) is 1.33. The Hall–Kier alpha value is -4.63. The molecule has 10 heteroatoms. The van der Waals surface area contributed by atoms with Gasteiger partial charge in [0.05, 0.1) is 16.2 Å². The summed E-state index contributed by atoms with van der Waals surface area (Å²) in [6, 6.07) is 18.7. The monoisotopic (exact) mass is 474 g/mol. The molecule has 4 rings (SSSR count). The summed E-state index contributed by atoms with van der Waals surface area (Å²) < 4.78 is 0. The van der Waals surface area contributed by atoms with E-state index in [1.807, 2.05) is 12.1 Å². The zero-order valence-electron chi connectivity index (χ0n) is 17.3. The van der Waals surface area contributed by atoms with Crippen molar-refractivity contribution in [1.29, 1.82) is 0 Å². The summed E-state index contributed by atoms with van der Waals surface area (Å²) in [6.45, 7) is 0. The maximum Gasteiger partial charge on any atom is 0.335 e. The van der Waals surface area contributed by atoms with E-state index < -0.39 is 10.9 Å². The zero-order valence-corrected chi connectivity index (χ0v) is 18.0. The smallest absolute Gasteiger partial charge is 0.335 e. The Bertz CT molecular complexity index is 1480. The van der Waals surface area contributed by atoms with E-state index in [4.69, 9.17) is 16.7 Å². The molecule has 0 saturated heterocycles. The van der Waals surface area contributed by atoms with Crippen LogP contribution in [0.3, 0.4) is 0 Å². The fraction of sp³-hybridized carbons (Fsp3) is 0. The second-order valence-corrected chi connectivity index (χ2v) is 7.52. The van der Waals surface area contributed by atoms with E-state index >= 15 is 0 Å². The number of nitro benzene ring substituents is 1. The van der Waals surface area contributed by atoms with Crippen LogP contribution in [0, 0.1) is 10.1 Å². The number of halogens is 1. The third-order valence-electron chi connectivity index (χ3n) is 4.90. The summed E-state index contributed by atoms with van der Waals surface area (Å²) >= 11 is 5.86. The first kappa shape index (κ1) is 22.6. The molecule has 0 spiro atoms. The van der Waals surface area contributed by atoms with E-state index in [0.717, 1.165) is 5.39 Å². The van der Waals surface area contributed by atoms with Gasteiger partial charge < -0.3 is 10.2 Å². The molecule has 0 radical (unpaired) electrons. The Morgan fingerprint density at radius 1 is 0.971 bits per heavy atom. The lowest BCUT2D eigenvalue weighted by molar-refractivity contribution is -0.384. The maximum absolute atomic E-state index is 11.4. The Morgan fingerprint density at radius 2 is 1.71 bits per heavy atom. The number of phenolic OH excluding ortho intramolecular Hbond substituents is 1. The molecule has 4 aromatic rings. The number of aromatic hydroxyl groups is 1. The lowest BCUT2D eigenvalue weighted by Gasteiger charge is -2.08. The van der Waals surface area contributed by atoms with Crippen molar-refractivity contribution >= 4 is 57.3 Å². The van der Waals surface area contributed by atoms with E-state index in [2.05, 4.69) is 15.2 Å². The van der Waals surface area contributed by atoms with Crippen molar-refractivity contribution < 1.29 is 19.9 Å². The Labute approximate surface area is 197 Å². The number of carboxylic acids is 1. The van der Waals surface area contributed by atoms with Crippen molar-refractivity contribution in [2.45, 2.75) is 0 Å². The predicted molar refractivity (Wildman–Crippen MR) is 129 cm³/mol. The number of benzene rings is 4. The molecule has 0 bridgehead atoms. The SMILES string of the molecule is O=C(O)c1ccc(N=Nc2cc3ccccc3c(C=Nc3ccc(Cl)cc3[N+](=O)[O-])c2O)cc1. The van der Waals surface area contributed by atoms with Crippen molar-refractivity contribution in [2.75, 3.05) is 0 Å². The highest BCUT2D eigenvalue weighted by molar-refractivity contribution is 6.30. The van der Waals surface area contributed by atoms with E-state index in [9.17, 15) is 20.0 Å². The van der Waals surface area contributed by atoms with Crippen LogP contribution in [0.15, 0.2) is 88.0 Å². The lowest BCUT2D eigenvalue weighted by Crippen LogP contribution is -1.93. The molecule has 0 amide bonds. The topological polar surface area (TPSA) is 138 Å². The van der Waals surface area contributed by atoms with Crippen LogP contribution >= 0.6 is 11.6 Å². The third kappa shape index (κ3) is 4.74. The van der Waals surface area contributed by atoms with Crippen LogP contribution in [0.5, 0.6) is 5.75 Å². The summed E-state index contributed by atoms with van der Waals surface area (Å²) in [7, 11) is 0. The highest BCUT2D eigenvalue weighted by atomic mass is 35.5. The Balaban J connectivity index is 1.77. The molecule has 0 heterocycles. The van der Waals surface area contributed by atoms with Gasteiger partial charge in [0.15, 0.2) is 5.75 Å². The molecule has 168 valence electrons. The number of aromatic carboxylic acids is 1. The van der Waals surface area contributed by atoms with Gasteiger partial charge in [0.25, 0.3) is 5.69 Å². The molecule has 0 unspecified atom stereocenters. The maximum atomic E-state index is 11.4. The van der Waals surface area contributed by atoms with Gasteiger partial charge in [0.1, 0.15) is 11.4 Å². The highest BCUT2D eigenvalue weighted by Gasteiger charge is 2.15. The summed E-state index contributed by atoms with van der Waals surface area (Å²) in [4.78, 5) is 26.0. The van der Waals surface area contributed by atoms with Crippen LogP contribution in [0.4, 0.5) is 22.7 Å². The van der Waals surface area contributed by atoms with Gasteiger partial charge in [-0.2, -0.15) is 5.11 Å². The standard InChI is InChI=1S/C24H15ClN4O5/c25-16-7-10-20(22(12-16)29(33)34)26-13-19-18-4-2-1-3-15(18)11-21(23(19)30)28-27-17-8-5-14(6-9-17)24(31)32/h1-13,30H,(H,31,32). The van der Waals surface area contributed by atoms with Crippen LogP contribution in [-0.4, -0.2) is 27.3 Å². The second kappa shape index (κ2) is 9.47. The van der Waals surface area contributed by atoms with Crippen molar-refractivity contribution in [3.05, 3.63) is 99.1 Å². The summed E-state index contributed by atoms with van der Waals surface area (Å²) in [5.74, 6) is -1.27. The lowest BCUT2D eigenvalue weighted by atomic mass is 10.0. The van der Waals surface area contributed by atoms with Crippen molar-refractivity contribution in [2.24, 2.45) is 15.2 Å². The Morgan fingerprint density at radius 3 is 2.41 bits per heavy atom. The van der Waals surface area contributed by atoms with Crippen LogP contribution in [-0.2, 0) is 0 Å². The number of carboxylic acid groups (broad SMARTS) is 1. The van der Waals surface area contributed by atoms with E-state index in [0.29, 0.717) is 16.6 Å². The molecule has 0 saturated carbocycles. The zero-order chi connectivity index (χ0) is 24.2. The van der Waals surface area contributed by atoms with Crippen molar-refractivity contribution in [3.8, 4) is 5.75 Å². The molecule has 4 aromatic carbocycles. The van der Waals surface area contributed by atoms with Gasteiger partial charge in [-0.3, -0.25) is 10.1 Å². The van der Waals surface area contributed by atoms with Crippen LogP contribution in [0.25, 0.3) is 10.8 Å². The number of phenols is 1. The van der Waals surface area contributed by atoms with Gasteiger partial charge in [0, 0.05) is 22.9 Å². The molecule has 9 nitrogen and oxygen atoms in total. The highest BCUT2D eigenvalue weighted by Crippen LogP contribution is 2.38. The minimum atomic E-state index is -1.06. The minimum Gasteiger partial charge on any atom is -0.505 e. The fourth-order valence-corrected chi connectivity index (χ4v) is 3.39. The normalized spacial score (nSPS) is 11.4. The number of nitro groups is 1. The fourth-order valence-electron chi connectivity index (χ4n) is 3.22. The van der Waals surface area contributed by atoms with Crippen LogP contribution < -0.4 is 0 Å². The van der Waals surface area contributed by atoms with Gasteiger partial charge in [-0.05, 0) is 53.2 Å². The minimum absolute atomic E-state index is 0.0726. The first-order valence-corrected chi connectivity index (χ1v) is 10.2. The molecular weight excluding hydrogens is 460 g/mol. The Kier molecular flexibility index (Phi) is 6.28. The molecule has 0 aromatic heterocycles. The predicted octanol–water partition coefficient (Wildman–Crippen LogP) is 6.97. The molecule has 34 heavy (non-hydrogen) atoms. The largest absolute Gasteiger partial charge is 0.505 e. The summed E-state index contributed by atoms with van der Waals surface area (Å²) in [5.41, 5.74) is 0.758. The van der Waals surface area contributed by atoms with Gasteiger partial charge in [-0.1, -0.05) is 35.9 Å². The quantitative estimate of drug-likeness (QED) is 0.134. The molecule has 0 aliphatic rings. The van der Waals surface area contributed by atoms with E-state index in [1.165, 1.54) is 48.7 Å². The number of fused-ring (bicyclic) bond motifs is 1. The number of aliphatic imine (C=N–C) groups is 1. The molecule has 0 fully saturated rings. The molecule has 0 aliphatic carbocycles. The number of hydrogen-bond acceptors (Lipinski definition) is 7. The van der Waals surface area contributed by atoms with Crippen LogP contribution in [0.2, 0.25) is 5.02 Å². The molecule has 0 atom stereocenters. The van der Waals surface area contributed by atoms with Gasteiger partial charge in [-0.25, -0.2) is 9.79 Å². The number of nitrogens with zero attached hydrogens (tertiary/aromatic N) is 4. The molecule has 2 N–H and O–H groups in total. The first-order chi connectivity index (χ1) is 16.3. The van der Waals surface area contributed by atoms with Crippen molar-refractivity contribution in [3.63, 3.8) is 0 Å². The number of carbonyl (C=O) groups is 1. The molecular formula is C24H15ClN4O5. The number of rotatable bonds is 6. The number of hydrogen-bond donors (Lipinski definition) is 2. The van der Waals surface area contributed by atoms with E-state index in [-0.39, 0.29) is 33.4 Å². The van der Waals surface area contributed by atoms with Gasteiger partial charge in [0.2, 0.25) is 0 Å². The average Bonchev–Trinajstić information content (AvgIpc) is 2.83. The van der Waals surface area contributed by atoms with Crippen LogP contribution in [0.1, 0.15) is 15.9 Å². The van der Waals surface area contributed by atoms with Gasteiger partial charge >= 0.3 is 5.97 Å². The average molecular weight is 475 g/mol.